The molecule has 50 heavy (non-hydrogen) atoms. The molecule has 0 saturated heterocycles. The summed E-state index contributed by atoms with van der Waals surface area (Å²) >= 11 is 4.63. The number of aryl methyl sites for hydroxylation is 1. The zero-order valence-electron chi connectivity index (χ0n) is 28.6. The zero-order valence-corrected chi connectivity index (χ0v) is 29.5. The Morgan fingerprint density at radius 2 is 0.840 bits per heavy atom. The minimum atomic E-state index is -1.56. The summed E-state index contributed by atoms with van der Waals surface area (Å²) in [5, 5.41) is 8.54. The third-order valence-corrected chi connectivity index (χ3v) is 9.96. The van der Waals surface area contributed by atoms with E-state index in [1.165, 1.54) is 0 Å². The fourth-order valence-electron chi connectivity index (χ4n) is 6.64. The number of hydrogen-bond donors (Lipinski definition) is 4. The molecule has 256 valence electrons. The van der Waals surface area contributed by atoms with Crippen LogP contribution in [0.4, 0.5) is 0 Å². The summed E-state index contributed by atoms with van der Waals surface area (Å²) in [6.07, 6.45) is 2.03. The van der Waals surface area contributed by atoms with Crippen molar-refractivity contribution in [2.75, 3.05) is 0 Å². The van der Waals surface area contributed by atoms with Gasteiger partial charge in [0.25, 0.3) is 11.8 Å². The molecule has 0 fully saturated rings. The predicted molar refractivity (Wildman–Crippen MR) is 204 cm³/mol. The van der Waals surface area contributed by atoms with E-state index in [9.17, 15) is 14.4 Å². The van der Waals surface area contributed by atoms with E-state index in [2.05, 4.69) is 28.6 Å². The Bertz CT molecular complexity index is 1640. The van der Waals surface area contributed by atoms with Crippen LogP contribution in [0, 0.1) is 0 Å². The molecule has 0 aromatic heterocycles. The fourth-order valence-corrected chi connectivity index (χ4v) is 6.84. The number of nitrogens with one attached hydrogen (secondary N) is 3. The average molecular weight is 684 g/mol. The molecule has 7 heteroatoms. The molecule has 5 rings (SSSR count). The van der Waals surface area contributed by atoms with Crippen LogP contribution in [-0.2, 0) is 31.9 Å². The number of benzene rings is 5. The molecule has 5 aromatic carbocycles. The maximum Gasteiger partial charge on any atom is 0.253 e. The SMILES string of the molecule is CCC(NC(=O)C(NC(=O)C(S)CCc1ccccc1)C(=O)NC(CC)(c1ccccc1)c1ccccc1)(c1ccccc1)c1ccccc1. The van der Waals surface area contributed by atoms with Gasteiger partial charge in [0.15, 0.2) is 6.04 Å². The second-order valence-corrected chi connectivity index (χ2v) is 13.1. The molecule has 0 bridgehead atoms. The van der Waals surface area contributed by atoms with Gasteiger partial charge in [-0.1, -0.05) is 166 Å². The van der Waals surface area contributed by atoms with Gasteiger partial charge in [-0.25, -0.2) is 0 Å². The summed E-state index contributed by atoms with van der Waals surface area (Å²) in [4.78, 5) is 43.1. The summed E-state index contributed by atoms with van der Waals surface area (Å²) in [7, 11) is 0. The first-order chi connectivity index (χ1) is 24.3. The van der Waals surface area contributed by atoms with E-state index in [1.807, 2.05) is 166 Å². The number of carbonyl (C=O) groups excluding carboxylic acids is 3. The monoisotopic (exact) mass is 683 g/mol. The van der Waals surface area contributed by atoms with Crippen molar-refractivity contribution in [2.24, 2.45) is 0 Å². The molecule has 0 aliphatic carbocycles. The van der Waals surface area contributed by atoms with Gasteiger partial charge >= 0.3 is 0 Å². The average Bonchev–Trinajstić information content (AvgIpc) is 3.18. The largest absolute Gasteiger partial charge is 0.340 e. The standard InChI is InChI=1S/C43H45N3O3S/c1-3-42(33-22-12-6-13-23-33,34-24-14-7-15-25-34)45-40(48)38(44-39(47)37(50)31-30-32-20-10-5-11-21-32)41(49)46-43(4-2,35-26-16-8-17-27-35)36-28-18-9-19-29-36/h5-29,37-38,50H,3-4,30-31H2,1-2H3,(H,44,47)(H,45,48)(H,46,49). The number of hydrogen-bond acceptors (Lipinski definition) is 4. The maximum atomic E-state index is 14.7. The van der Waals surface area contributed by atoms with E-state index >= 15 is 0 Å². The minimum Gasteiger partial charge on any atom is -0.340 e. The summed E-state index contributed by atoms with van der Waals surface area (Å²) < 4.78 is 0. The first-order valence-corrected chi connectivity index (χ1v) is 17.7. The normalized spacial score (nSPS) is 12.2. The second-order valence-electron chi connectivity index (χ2n) is 12.4. The van der Waals surface area contributed by atoms with Gasteiger partial charge in [0.2, 0.25) is 5.91 Å². The Kier molecular flexibility index (Phi) is 12.3. The molecule has 0 radical (unpaired) electrons. The van der Waals surface area contributed by atoms with Gasteiger partial charge in [-0.05, 0) is 53.5 Å². The van der Waals surface area contributed by atoms with Crippen molar-refractivity contribution in [3.8, 4) is 0 Å². The third kappa shape index (κ3) is 8.17. The van der Waals surface area contributed by atoms with Crippen molar-refractivity contribution < 1.29 is 14.4 Å². The lowest BCUT2D eigenvalue weighted by molar-refractivity contribution is -0.138. The Morgan fingerprint density at radius 3 is 1.16 bits per heavy atom. The van der Waals surface area contributed by atoms with E-state index in [0.29, 0.717) is 25.7 Å². The number of amides is 3. The van der Waals surface area contributed by atoms with Gasteiger partial charge in [-0.3, -0.25) is 14.4 Å². The Morgan fingerprint density at radius 1 is 0.520 bits per heavy atom. The van der Waals surface area contributed by atoms with Crippen LogP contribution < -0.4 is 16.0 Å². The molecule has 3 amide bonds. The van der Waals surface area contributed by atoms with Crippen LogP contribution >= 0.6 is 12.6 Å². The van der Waals surface area contributed by atoms with Gasteiger partial charge < -0.3 is 16.0 Å². The Hall–Kier alpha value is -5.14. The van der Waals surface area contributed by atoms with Crippen LogP contribution in [0.3, 0.4) is 0 Å². The topological polar surface area (TPSA) is 87.3 Å². The smallest absolute Gasteiger partial charge is 0.253 e. The van der Waals surface area contributed by atoms with Crippen LogP contribution in [0.2, 0.25) is 0 Å². The van der Waals surface area contributed by atoms with Gasteiger partial charge in [-0.15, -0.1) is 0 Å². The summed E-state index contributed by atoms with van der Waals surface area (Å²) in [6.45, 7) is 3.99. The van der Waals surface area contributed by atoms with E-state index in [0.717, 1.165) is 27.8 Å². The third-order valence-electron chi connectivity index (χ3n) is 9.46. The van der Waals surface area contributed by atoms with Crippen LogP contribution in [-0.4, -0.2) is 29.0 Å². The highest BCUT2D eigenvalue weighted by atomic mass is 32.1. The Balaban J connectivity index is 1.53. The minimum absolute atomic E-state index is 0.425. The van der Waals surface area contributed by atoms with Gasteiger partial charge in [-0.2, -0.15) is 12.6 Å². The first kappa shape index (κ1) is 36.1. The van der Waals surface area contributed by atoms with E-state index in [-0.39, 0.29) is 0 Å². The van der Waals surface area contributed by atoms with Crippen molar-refractivity contribution >= 4 is 30.4 Å². The first-order valence-electron chi connectivity index (χ1n) is 17.2. The molecule has 0 aliphatic rings. The highest BCUT2D eigenvalue weighted by Gasteiger charge is 2.42. The van der Waals surface area contributed by atoms with Crippen LogP contribution in [0.25, 0.3) is 0 Å². The van der Waals surface area contributed by atoms with E-state index in [4.69, 9.17) is 0 Å². The molecular weight excluding hydrogens is 639 g/mol. The summed E-state index contributed by atoms with van der Waals surface area (Å²) in [5.41, 5.74) is 2.56. The summed E-state index contributed by atoms with van der Waals surface area (Å²) in [5.74, 6) is -1.75. The highest BCUT2D eigenvalue weighted by molar-refractivity contribution is 7.81. The lowest BCUT2D eigenvalue weighted by atomic mass is 9.79. The molecular formula is C43H45N3O3S. The summed E-state index contributed by atoms with van der Waals surface area (Å²) in [6, 6.07) is 47.1. The molecule has 1 unspecified atom stereocenters. The number of carbonyl (C=O) groups is 3. The van der Waals surface area contributed by atoms with Crippen molar-refractivity contribution in [1.82, 2.24) is 16.0 Å². The fraction of sp³-hybridized carbons (Fsp3) is 0.233. The van der Waals surface area contributed by atoms with Crippen molar-refractivity contribution in [3.05, 3.63) is 179 Å². The number of thiol groups is 1. The van der Waals surface area contributed by atoms with Gasteiger partial charge in [0.1, 0.15) is 0 Å². The molecule has 0 aliphatic heterocycles. The highest BCUT2D eigenvalue weighted by Crippen LogP contribution is 2.35. The van der Waals surface area contributed by atoms with E-state index < -0.39 is 40.1 Å². The van der Waals surface area contributed by atoms with Crippen LogP contribution in [0.5, 0.6) is 0 Å². The molecule has 3 N–H and O–H groups in total. The zero-order chi connectivity index (χ0) is 35.4. The van der Waals surface area contributed by atoms with Crippen molar-refractivity contribution in [2.45, 2.75) is 61.9 Å². The molecule has 0 heterocycles. The van der Waals surface area contributed by atoms with Crippen molar-refractivity contribution in [1.29, 1.82) is 0 Å². The number of rotatable bonds is 15. The molecule has 1 atom stereocenters. The van der Waals surface area contributed by atoms with Gasteiger partial charge in [0.05, 0.1) is 16.3 Å². The van der Waals surface area contributed by atoms with Crippen LogP contribution in [0.15, 0.2) is 152 Å². The lowest BCUT2D eigenvalue weighted by Gasteiger charge is -2.38. The Labute approximate surface area is 301 Å². The maximum absolute atomic E-state index is 14.7. The predicted octanol–water partition coefficient (Wildman–Crippen LogP) is 7.34. The molecule has 0 spiro atoms. The lowest BCUT2D eigenvalue weighted by Crippen LogP contribution is -2.62. The van der Waals surface area contributed by atoms with Gasteiger partial charge in [0, 0.05) is 0 Å². The quantitative estimate of drug-likeness (QED) is 0.0688. The second kappa shape index (κ2) is 17.0. The van der Waals surface area contributed by atoms with E-state index in [1.54, 1.807) is 0 Å². The molecule has 5 aromatic rings. The molecule has 0 saturated carbocycles. The van der Waals surface area contributed by atoms with Crippen LogP contribution in [0.1, 0.15) is 60.9 Å². The van der Waals surface area contributed by atoms with Crippen molar-refractivity contribution in [3.63, 3.8) is 0 Å². The molecule has 6 nitrogen and oxygen atoms in total.